The first-order valence-corrected chi connectivity index (χ1v) is 7.04. The van der Waals surface area contributed by atoms with Crippen LogP contribution < -0.4 is 4.90 Å². The molecule has 0 bridgehead atoms. The topological polar surface area (TPSA) is 41.9 Å². The molecule has 0 saturated carbocycles. The lowest BCUT2D eigenvalue weighted by Crippen LogP contribution is -2.18. The van der Waals surface area contributed by atoms with E-state index in [9.17, 15) is 4.39 Å². The summed E-state index contributed by atoms with van der Waals surface area (Å²) in [7, 11) is 1.92. The summed E-state index contributed by atoms with van der Waals surface area (Å²) in [6, 6.07) is 4.54. The van der Waals surface area contributed by atoms with Crippen molar-refractivity contribution in [2.45, 2.75) is 13.5 Å². The van der Waals surface area contributed by atoms with Crippen molar-refractivity contribution in [1.82, 2.24) is 15.0 Å². The maximum absolute atomic E-state index is 13.4. The summed E-state index contributed by atoms with van der Waals surface area (Å²) in [5.74, 6) is 0.425. The van der Waals surface area contributed by atoms with Crippen LogP contribution in [0.5, 0.6) is 0 Å². The molecule has 0 fully saturated rings. The highest BCUT2D eigenvalue weighted by molar-refractivity contribution is 7.09. The number of aromatic nitrogens is 3. The first kappa shape index (κ1) is 12.9. The number of rotatable bonds is 3. The molecule has 0 aliphatic rings. The second-order valence-corrected chi connectivity index (χ2v) is 5.54. The molecule has 0 aliphatic heterocycles. The summed E-state index contributed by atoms with van der Waals surface area (Å²) in [5.41, 5.74) is 1.75. The van der Waals surface area contributed by atoms with Crippen molar-refractivity contribution in [3.63, 3.8) is 0 Å². The Balaban J connectivity index is 1.98. The summed E-state index contributed by atoms with van der Waals surface area (Å²) in [6.45, 7) is 2.61. The molecule has 0 aliphatic carbocycles. The maximum atomic E-state index is 13.4. The van der Waals surface area contributed by atoms with E-state index in [4.69, 9.17) is 0 Å². The summed E-state index contributed by atoms with van der Waals surface area (Å²) in [6.07, 6.45) is 1.50. The number of thiazole rings is 1. The average molecular weight is 288 g/mol. The van der Waals surface area contributed by atoms with E-state index in [0.717, 1.165) is 16.2 Å². The molecule has 3 aromatic rings. The molecule has 0 spiro atoms. The van der Waals surface area contributed by atoms with Gasteiger partial charge in [-0.15, -0.1) is 11.3 Å². The summed E-state index contributed by atoms with van der Waals surface area (Å²) in [5, 5.41) is 3.73. The standard InChI is InChI=1S/C14H13FN4S/c1-9-7-20-13(18-9)6-19(2)14-11-5-10(15)3-4-12(11)16-8-17-14/h3-5,7-8H,6H2,1-2H3. The normalized spacial score (nSPS) is 10.9. The van der Waals surface area contributed by atoms with Crippen LogP contribution in [0.3, 0.4) is 0 Å². The lowest BCUT2D eigenvalue weighted by Gasteiger charge is -2.18. The van der Waals surface area contributed by atoms with Crippen LogP contribution in [0.15, 0.2) is 29.9 Å². The van der Waals surface area contributed by atoms with E-state index >= 15 is 0 Å². The molecule has 0 radical (unpaired) electrons. The van der Waals surface area contributed by atoms with Crippen LogP contribution in [0.2, 0.25) is 0 Å². The zero-order valence-electron chi connectivity index (χ0n) is 11.2. The Bertz CT molecular complexity index is 756. The number of aryl methyl sites for hydroxylation is 1. The van der Waals surface area contributed by atoms with E-state index in [2.05, 4.69) is 15.0 Å². The van der Waals surface area contributed by atoms with E-state index in [-0.39, 0.29) is 5.82 Å². The summed E-state index contributed by atoms with van der Waals surface area (Å²) >= 11 is 1.61. The van der Waals surface area contributed by atoms with Gasteiger partial charge in [0.2, 0.25) is 0 Å². The van der Waals surface area contributed by atoms with Crippen LogP contribution in [0.1, 0.15) is 10.7 Å². The smallest absolute Gasteiger partial charge is 0.140 e. The molecular formula is C14H13FN4S. The third kappa shape index (κ3) is 2.46. The van der Waals surface area contributed by atoms with Crippen LogP contribution in [0.4, 0.5) is 10.2 Å². The Kier molecular flexibility index (Phi) is 3.31. The van der Waals surface area contributed by atoms with Crippen molar-refractivity contribution in [1.29, 1.82) is 0 Å². The zero-order chi connectivity index (χ0) is 14.1. The molecule has 0 N–H and O–H groups in total. The van der Waals surface area contributed by atoms with Gasteiger partial charge < -0.3 is 4.90 Å². The highest BCUT2D eigenvalue weighted by atomic mass is 32.1. The van der Waals surface area contributed by atoms with E-state index < -0.39 is 0 Å². The molecule has 0 amide bonds. The van der Waals surface area contributed by atoms with Gasteiger partial charge in [0.15, 0.2) is 0 Å². The highest BCUT2D eigenvalue weighted by Crippen LogP contribution is 2.24. The van der Waals surface area contributed by atoms with Crippen molar-refractivity contribution < 1.29 is 4.39 Å². The minimum atomic E-state index is -0.285. The summed E-state index contributed by atoms with van der Waals surface area (Å²) in [4.78, 5) is 14.8. The molecule has 4 nitrogen and oxygen atoms in total. The lowest BCUT2D eigenvalue weighted by atomic mass is 10.2. The van der Waals surface area contributed by atoms with Gasteiger partial charge in [-0.05, 0) is 25.1 Å². The molecule has 1 aromatic carbocycles. The Morgan fingerprint density at radius 2 is 2.15 bits per heavy atom. The van der Waals surface area contributed by atoms with Crippen molar-refractivity contribution in [3.05, 3.63) is 46.4 Å². The predicted octanol–water partition coefficient (Wildman–Crippen LogP) is 3.17. The Hall–Kier alpha value is -2.08. The van der Waals surface area contributed by atoms with Crippen molar-refractivity contribution in [3.8, 4) is 0 Å². The number of hydrogen-bond acceptors (Lipinski definition) is 5. The quantitative estimate of drug-likeness (QED) is 0.742. The van der Waals surface area contributed by atoms with Crippen LogP contribution in [0, 0.1) is 12.7 Å². The van der Waals surface area contributed by atoms with Crippen LogP contribution in [-0.4, -0.2) is 22.0 Å². The van der Waals surface area contributed by atoms with E-state index in [1.54, 1.807) is 17.4 Å². The molecule has 20 heavy (non-hydrogen) atoms. The van der Waals surface area contributed by atoms with Gasteiger partial charge in [-0.1, -0.05) is 0 Å². The van der Waals surface area contributed by atoms with Crippen molar-refractivity contribution in [2.75, 3.05) is 11.9 Å². The van der Waals surface area contributed by atoms with Crippen molar-refractivity contribution >= 4 is 28.1 Å². The van der Waals surface area contributed by atoms with Crippen LogP contribution in [0.25, 0.3) is 10.9 Å². The first-order chi connectivity index (χ1) is 9.63. The molecule has 0 unspecified atom stereocenters. The maximum Gasteiger partial charge on any atom is 0.140 e. The zero-order valence-corrected chi connectivity index (χ0v) is 12.0. The summed E-state index contributed by atoms with van der Waals surface area (Å²) < 4.78 is 13.4. The fourth-order valence-electron chi connectivity index (χ4n) is 2.07. The lowest BCUT2D eigenvalue weighted by molar-refractivity contribution is 0.629. The average Bonchev–Trinajstić information content (AvgIpc) is 2.83. The number of hydrogen-bond donors (Lipinski definition) is 0. The minimum Gasteiger partial charge on any atom is -0.352 e. The van der Waals surface area contributed by atoms with E-state index in [0.29, 0.717) is 17.7 Å². The second-order valence-electron chi connectivity index (χ2n) is 4.60. The van der Waals surface area contributed by atoms with Gasteiger partial charge in [0.05, 0.1) is 12.1 Å². The molecule has 6 heteroatoms. The number of benzene rings is 1. The number of anilines is 1. The molecule has 2 aromatic heterocycles. The molecule has 0 saturated heterocycles. The molecule has 102 valence electrons. The van der Waals surface area contributed by atoms with E-state index in [1.807, 2.05) is 24.3 Å². The van der Waals surface area contributed by atoms with Crippen LogP contribution >= 0.6 is 11.3 Å². The van der Waals surface area contributed by atoms with Gasteiger partial charge in [-0.2, -0.15) is 0 Å². The number of nitrogens with zero attached hydrogens (tertiary/aromatic N) is 4. The first-order valence-electron chi connectivity index (χ1n) is 6.16. The predicted molar refractivity (Wildman–Crippen MR) is 78.5 cm³/mol. The van der Waals surface area contributed by atoms with Gasteiger partial charge in [-0.25, -0.2) is 19.3 Å². The molecular weight excluding hydrogens is 275 g/mol. The van der Waals surface area contributed by atoms with Crippen LogP contribution in [-0.2, 0) is 6.54 Å². The van der Waals surface area contributed by atoms with Gasteiger partial charge in [0, 0.05) is 23.5 Å². The Morgan fingerprint density at radius 1 is 1.30 bits per heavy atom. The largest absolute Gasteiger partial charge is 0.352 e. The SMILES string of the molecule is Cc1csc(CN(C)c2ncnc3ccc(F)cc23)n1. The number of fused-ring (bicyclic) bond motifs is 1. The Morgan fingerprint density at radius 3 is 2.90 bits per heavy atom. The number of halogens is 1. The van der Waals surface area contributed by atoms with Crippen molar-refractivity contribution in [2.24, 2.45) is 0 Å². The van der Waals surface area contributed by atoms with Gasteiger partial charge in [0.1, 0.15) is 23.0 Å². The third-order valence-corrected chi connectivity index (χ3v) is 3.93. The molecule has 0 atom stereocenters. The highest BCUT2D eigenvalue weighted by Gasteiger charge is 2.11. The minimum absolute atomic E-state index is 0.285. The van der Waals surface area contributed by atoms with Gasteiger partial charge in [0.25, 0.3) is 0 Å². The third-order valence-electron chi connectivity index (χ3n) is 2.98. The molecule has 2 heterocycles. The second kappa shape index (κ2) is 5.13. The fraction of sp³-hybridized carbons (Fsp3) is 0.214. The fourth-order valence-corrected chi connectivity index (χ4v) is 2.90. The van der Waals surface area contributed by atoms with E-state index in [1.165, 1.54) is 18.5 Å². The molecule has 3 rings (SSSR count). The Labute approximate surface area is 119 Å². The van der Waals surface area contributed by atoms with Gasteiger partial charge >= 0.3 is 0 Å². The van der Waals surface area contributed by atoms with Gasteiger partial charge in [-0.3, -0.25) is 0 Å². The monoisotopic (exact) mass is 288 g/mol.